The highest BCUT2D eigenvalue weighted by Crippen LogP contribution is 2.38. The van der Waals surface area contributed by atoms with E-state index in [1.165, 1.54) is 46.7 Å². The first kappa shape index (κ1) is 21.8. The Balaban J connectivity index is 1.28. The van der Waals surface area contributed by atoms with Crippen LogP contribution in [-0.4, -0.2) is 19.3 Å². The Morgan fingerprint density at radius 1 is 0.647 bits per heavy atom. The molecule has 4 heteroatoms. The molecule has 168 valence electrons. The van der Waals surface area contributed by atoms with E-state index in [9.17, 15) is 0 Å². The van der Waals surface area contributed by atoms with E-state index in [-0.39, 0.29) is 6.10 Å². The molecule has 0 bridgehead atoms. The molecule has 1 aliphatic rings. The minimum absolute atomic E-state index is 0.277. The van der Waals surface area contributed by atoms with E-state index in [4.69, 9.17) is 9.47 Å². The summed E-state index contributed by atoms with van der Waals surface area (Å²) in [5.41, 5.74) is 1.21. The normalized spacial score (nSPS) is 15.1. The summed E-state index contributed by atoms with van der Waals surface area (Å²) >= 11 is 3.61. The second-order valence-electron chi connectivity index (χ2n) is 8.46. The number of fused-ring (bicyclic) bond motifs is 2. The molecular formula is C30H24O2S2. The Morgan fingerprint density at radius 3 is 1.85 bits per heavy atom. The molecule has 1 atom stereocenters. The van der Waals surface area contributed by atoms with E-state index >= 15 is 0 Å². The predicted molar refractivity (Wildman–Crippen MR) is 142 cm³/mol. The lowest BCUT2D eigenvalue weighted by molar-refractivity contribution is 0.103. The van der Waals surface area contributed by atoms with Crippen molar-refractivity contribution in [3.8, 4) is 0 Å². The summed E-state index contributed by atoms with van der Waals surface area (Å²) in [6.07, 6.45) is 0.277. The van der Waals surface area contributed by atoms with Crippen LogP contribution in [0.15, 0.2) is 123 Å². The summed E-state index contributed by atoms with van der Waals surface area (Å²) in [5.74, 6) is 0. The van der Waals surface area contributed by atoms with Crippen LogP contribution in [0.1, 0.15) is 5.56 Å². The van der Waals surface area contributed by atoms with Gasteiger partial charge >= 0.3 is 0 Å². The van der Waals surface area contributed by atoms with Crippen LogP contribution >= 0.6 is 23.5 Å². The van der Waals surface area contributed by atoms with Crippen LogP contribution in [0.2, 0.25) is 0 Å². The number of hydrogen-bond donors (Lipinski definition) is 0. The molecule has 1 heterocycles. The average molecular weight is 481 g/mol. The maximum Gasteiger partial charge on any atom is 0.104 e. The number of ether oxygens (including phenoxy) is 2. The topological polar surface area (TPSA) is 21.8 Å². The molecule has 0 radical (unpaired) electrons. The Bertz CT molecular complexity index is 1460. The minimum atomic E-state index is 0.277. The lowest BCUT2D eigenvalue weighted by Gasteiger charge is -2.13. The fraction of sp³-hybridized carbons (Fsp3) is 0.133. The van der Waals surface area contributed by atoms with E-state index in [0.717, 1.165) is 6.61 Å². The standard InChI is InChI=1S/C30H24O2S2/c1-3-7-23-15-27(12-9-21(23)5-1)33-29-14-11-25(18-31-19-26-20-32-26)30(17-29)34-28-13-10-22-6-2-4-8-24(22)16-28/h1-17,26H,18-20H2. The van der Waals surface area contributed by atoms with Crippen LogP contribution in [0, 0.1) is 0 Å². The van der Waals surface area contributed by atoms with Crippen LogP contribution in [0.4, 0.5) is 0 Å². The van der Waals surface area contributed by atoms with Gasteiger partial charge in [0.1, 0.15) is 6.10 Å². The third kappa shape index (κ3) is 5.16. The molecule has 1 fully saturated rings. The smallest absolute Gasteiger partial charge is 0.104 e. The van der Waals surface area contributed by atoms with E-state index < -0.39 is 0 Å². The van der Waals surface area contributed by atoms with Crippen molar-refractivity contribution in [1.29, 1.82) is 0 Å². The fourth-order valence-electron chi connectivity index (χ4n) is 4.00. The first-order valence-electron chi connectivity index (χ1n) is 11.5. The second kappa shape index (κ2) is 9.85. The monoisotopic (exact) mass is 480 g/mol. The molecule has 1 saturated heterocycles. The molecule has 0 aliphatic carbocycles. The van der Waals surface area contributed by atoms with E-state index in [1.54, 1.807) is 23.5 Å². The summed E-state index contributed by atoms with van der Waals surface area (Å²) in [5, 5.41) is 5.07. The van der Waals surface area contributed by atoms with Crippen LogP contribution in [-0.2, 0) is 16.1 Å². The lowest BCUT2D eigenvalue weighted by atomic mass is 10.1. The van der Waals surface area contributed by atoms with Gasteiger partial charge in [-0.1, -0.05) is 90.3 Å². The van der Waals surface area contributed by atoms with Gasteiger partial charge in [0.05, 0.1) is 19.8 Å². The van der Waals surface area contributed by atoms with Crippen molar-refractivity contribution in [3.05, 3.63) is 109 Å². The third-order valence-corrected chi connectivity index (χ3v) is 7.98. The number of rotatable bonds is 8. The van der Waals surface area contributed by atoms with Crippen molar-refractivity contribution in [2.75, 3.05) is 13.2 Å². The molecule has 34 heavy (non-hydrogen) atoms. The molecule has 0 saturated carbocycles. The first-order chi connectivity index (χ1) is 16.8. The summed E-state index contributed by atoms with van der Waals surface area (Å²) in [4.78, 5) is 4.94. The van der Waals surface area contributed by atoms with Gasteiger partial charge < -0.3 is 9.47 Å². The van der Waals surface area contributed by atoms with Crippen LogP contribution in [0.5, 0.6) is 0 Å². The summed E-state index contributed by atoms with van der Waals surface area (Å²) in [7, 11) is 0. The van der Waals surface area contributed by atoms with E-state index in [2.05, 4.69) is 103 Å². The Morgan fingerprint density at radius 2 is 1.21 bits per heavy atom. The Hall–Kier alpha value is -2.76. The summed E-state index contributed by atoms with van der Waals surface area (Å²) in [6.45, 7) is 2.07. The summed E-state index contributed by atoms with van der Waals surface area (Å²) in [6, 6.07) is 37.1. The first-order valence-corrected chi connectivity index (χ1v) is 13.1. The molecule has 1 unspecified atom stereocenters. The van der Waals surface area contributed by atoms with Crippen molar-refractivity contribution in [2.45, 2.75) is 32.3 Å². The number of benzene rings is 5. The fourth-order valence-corrected chi connectivity index (χ4v) is 6.00. The minimum Gasteiger partial charge on any atom is -0.374 e. The van der Waals surface area contributed by atoms with Crippen molar-refractivity contribution in [3.63, 3.8) is 0 Å². The molecule has 2 nitrogen and oxygen atoms in total. The molecule has 6 rings (SSSR count). The molecule has 0 N–H and O–H groups in total. The highest BCUT2D eigenvalue weighted by molar-refractivity contribution is 8.00. The molecular weight excluding hydrogens is 456 g/mol. The zero-order valence-corrected chi connectivity index (χ0v) is 20.3. The average Bonchev–Trinajstić information content (AvgIpc) is 3.70. The van der Waals surface area contributed by atoms with Crippen LogP contribution < -0.4 is 0 Å². The van der Waals surface area contributed by atoms with Gasteiger partial charge in [-0.25, -0.2) is 0 Å². The zero-order valence-electron chi connectivity index (χ0n) is 18.6. The lowest BCUT2D eigenvalue weighted by Crippen LogP contribution is -2.02. The van der Waals surface area contributed by atoms with Crippen LogP contribution in [0.25, 0.3) is 21.5 Å². The van der Waals surface area contributed by atoms with Gasteiger partial charge in [0.2, 0.25) is 0 Å². The van der Waals surface area contributed by atoms with Gasteiger partial charge in [-0.2, -0.15) is 0 Å². The maximum absolute atomic E-state index is 5.95. The van der Waals surface area contributed by atoms with E-state index in [0.29, 0.717) is 13.2 Å². The van der Waals surface area contributed by atoms with Gasteiger partial charge in [0, 0.05) is 19.6 Å². The van der Waals surface area contributed by atoms with Gasteiger partial charge in [-0.15, -0.1) is 0 Å². The largest absolute Gasteiger partial charge is 0.374 e. The van der Waals surface area contributed by atoms with E-state index in [1.807, 2.05) is 0 Å². The van der Waals surface area contributed by atoms with Gasteiger partial charge in [0.15, 0.2) is 0 Å². The molecule has 0 spiro atoms. The second-order valence-corrected chi connectivity index (χ2v) is 10.7. The number of hydrogen-bond acceptors (Lipinski definition) is 4. The van der Waals surface area contributed by atoms with Gasteiger partial charge in [0.25, 0.3) is 0 Å². The quantitative estimate of drug-likeness (QED) is 0.209. The number of epoxide rings is 1. The van der Waals surface area contributed by atoms with Crippen molar-refractivity contribution >= 4 is 45.1 Å². The summed E-state index contributed by atoms with van der Waals surface area (Å²) < 4.78 is 11.2. The molecule has 0 amide bonds. The highest BCUT2D eigenvalue weighted by atomic mass is 32.2. The highest BCUT2D eigenvalue weighted by Gasteiger charge is 2.22. The van der Waals surface area contributed by atoms with Crippen molar-refractivity contribution < 1.29 is 9.47 Å². The Labute approximate surface area is 208 Å². The van der Waals surface area contributed by atoms with Crippen molar-refractivity contribution in [2.24, 2.45) is 0 Å². The Kier molecular flexibility index (Phi) is 6.30. The molecule has 5 aromatic rings. The molecule has 5 aromatic carbocycles. The molecule has 0 aromatic heterocycles. The van der Waals surface area contributed by atoms with Crippen LogP contribution in [0.3, 0.4) is 0 Å². The van der Waals surface area contributed by atoms with Crippen molar-refractivity contribution in [1.82, 2.24) is 0 Å². The predicted octanol–water partition coefficient (Wildman–Crippen LogP) is 8.21. The third-order valence-electron chi connectivity index (χ3n) is 5.91. The van der Waals surface area contributed by atoms with Gasteiger partial charge in [-0.3, -0.25) is 0 Å². The SMILES string of the molecule is c1ccc2cc(Sc3ccc(COCC4CO4)c(Sc4ccc5ccccc5c4)c3)ccc2c1. The zero-order chi connectivity index (χ0) is 22.7. The van der Waals surface area contributed by atoms with Gasteiger partial charge in [-0.05, 0) is 63.5 Å². The maximum atomic E-state index is 5.95. The molecule has 1 aliphatic heterocycles.